The highest BCUT2D eigenvalue weighted by molar-refractivity contribution is 5.96. The lowest BCUT2D eigenvalue weighted by molar-refractivity contribution is 0.0763. The van der Waals surface area contributed by atoms with Crippen LogP contribution in [-0.2, 0) is 4.74 Å². The first-order valence-electron chi connectivity index (χ1n) is 6.41. The Labute approximate surface area is 106 Å². The second-order valence-electron chi connectivity index (χ2n) is 5.48. The molecule has 1 unspecified atom stereocenters. The maximum Gasteiger partial charge on any atom is 0.259 e. The topological polar surface area (TPSA) is 55.6 Å². The van der Waals surface area contributed by atoms with E-state index in [1.807, 2.05) is 11.8 Å². The van der Waals surface area contributed by atoms with Crippen LogP contribution in [-0.4, -0.2) is 42.3 Å². The minimum Gasteiger partial charge on any atom is -0.381 e. The number of aromatic nitrogens is 1. The molecular weight excluding hydrogens is 232 g/mol. The molecule has 0 N–H and O–H groups in total. The summed E-state index contributed by atoms with van der Waals surface area (Å²) in [7, 11) is 0. The molecule has 2 aliphatic rings. The quantitative estimate of drug-likeness (QED) is 0.758. The summed E-state index contributed by atoms with van der Waals surface area (Å²) in [6.45, 7) is 6.83. The SMILES string of the molecule is Cc1noc(C)c1C(=O)N1CCC2(CCOC2)C1. The highest BCUT2D eigenvalue weighted by atomic mass is 16.5. The fourth-order valence-electron chi connectivity index (χ4n) is 3.03. The molecule has 5 heteroatoms. The minimum atomic E-state index is 0.0509. The first kappa shape index (κ1) is 11.7. The van der Waals surface area contributed by atoms with E-state index < -0.39 is 0 Å². The van der Waals surface area contributed by atoms with Gasteiger partial charge in [-0.2, -0.15) is 0 Å². The number of hydrogen-bond acceptors (Lipinski definition) is 4. The average molecular weight is 250 g/mol. The van der Waals surface area contributed by atoms with Crippen LogP contribution in [0.1, 0.15) is 34.7 Å². The Morgan fingerprint density at radius 3 is 2.83 bits per heavy atom. The smallest absolute Gasteiger partial charge is 0.259 e. The van der Waals surface area contributed by atoms with Gasteiger partial charge in [0.25, 0.3) is 5.91 Å². The minimum absolute atomic E-state index is 0.0509. The summed E-state index contributed by atoms with van der Waals surface area (Å²) in [5.74, 6) is 0.663. The number of rotatable bonds is 1. The molecule has 0 saturated carbocycles. The van der Waals surface area contributed by atoms with Crippen LogP contribution in [0, 0.1) is 19.3 Å². The first-order chi connectivity index (χ1) is 8.61. The molecule has 1 spiro atoms. The van der Waals surface area contributed by atoms with Crippen molar-refractivity contribution in [2.24, 2.45) is 5.41 Å². The number of aryl methyl sites for hydroxylation is 2. The Kier molecular flexibility index (Phi) is 2.66. The third-order valence-electron chi connectivity index (χ3n) is 4.16. The second kappa shape index (κ2) is 4.09. The van der Waals surface area contributed by atoms with Crippen molar-refractivity contribution >= 4 is 5.91 Å². The molecule has 1 atom stereocenters. The standard InChI is InChI=1S/C13H18N2O3/c1-9-11(10(2)18-14-9)12(16)15-5-3-13(7-15)4-6-17-8-13/h3-8H2,1-2H3. The lowest BCUT2D eigenvalue weighted by atomic mass is 9.87. The third kappa shape index (κ3) is 1.73. The van der Waals surface area contributed by atoms with Crippen molar-refractivity contribution in [1.82, 2.24) is 10.1 Å². The van der Waals surface area contributed by atoms with Gasteiger partial charge >= 0.3 is 0 Å². The highest BCUT2D eigenvalue weighted by Crippen LogP contribution is 2.38. The van der Waals surface area contributed by atoms with E-state index >= 15 is 0 Å². The summed E-state index contributed by atoms with van der Waals surface area (Å²) in [4.78, 5) is 14.4. The molecule has 0 aromatic carbocycles. The van der Waals surface area contributed by atoms with Crippen LogP contribution in [0.15, 0.2) is 4.52 Å². The summed E-state index contributed by atoms with van der Waals surface area (Å²) in [6, 6.07) is 0. The van der Waals surface area contributed by atoms with E-state index in [1.165, 1.54) is 0 Å². The molecule has 2 aliphatic heterocycles. The van der Waals surface area contributed by atoms with Crippen LogP contribution < -0.4 is 0 Å². The molecule has 1 amide bonds. The number of hydrogen-bond donors (Lipinski definition) is 0. The van der Waals surface area contributed by atoms with E-state index in [4.69, 9.17) is 9.26 Å². The summed E-state index contributed by atoms with van der Waals surface area (Å²) in [6.07, 6.45) is 2.11. The molecule has 5 nitrogen and oxygen atoms in total. The molecule has 0 radical (unpaired) electrons. The zero-order valence-corrected chi connectivity index (χ0v) is 10.9. The van der Waals surface area contributed by atoms with Crippen LogP contribution in [0.5, 0.6) is 0 Å². The molecule has 3 rings (SSSR count). The highest BCUT2D eigenvalue weighted by Gasteiger charge is 2.43. The Balaban J connectivity index is 1.79. The zero-order valence-electron chi connectivity index (χ0n) is 10.9. The molecule has 98 valence electrons. The lowest BCUT2D eigenvalue weighted by Crippen LogP contribution is -2.33. The molecule has 0 bridgehead atoms. The van der Waals surface area contributed by atoms with Crippen molar-refractivity contribution in [3.63, 3.8) is 0 Å². The molecular formula is C13H18N2O3. The van der Waals surface area contributed by atoms with E-state index in [-0.39, 0.29) is 11.3 Å². The second-order valence-corrected chi connectivity index (χ2v) is 5.48. The molecule has 0 aliphatic carbocycles. The van der Waals surface area contributed by atoms with Gasteiger partial charge in [0.15, 0.2) is 0 Å². The van der Waals surface area contributed by atoms with Crippen molar-refractivity contribution in [3.8, 4) is 0 Å². The monoisotopic (exact) mass is 250 g/mol. The van der Waals surface area contributed by atoms with Crippen molar-refractivity contribution < 1.29 is 14.1 Å². The van der Waals surface area contributed by atoms with Gasteiger partial charge in [-0.3, -0.25) is 4.79 Å². The van der Waals surface area contributed by atoms with Gasteiger partial charge in [-0.25, -0.2) is 0 Å². The van der Waals surface area contributed by atoms with Gasteiger partial charge in [0.1, 0.15) is 11.3 Å². The fraction of sp³-hybridized carbons (Fsp3) is 0.692. The molecule has 1 aromatic rings. The summed E-state index contributed by atoms with van der Waals surface area (Å²) >= 11 is 0. The van der Waals surface area contributed by atoms with Crippen molar-refractivity contribution in [1.29, 1.82) is 0 Å². The average Bonchev–Trinajstić information content (AvgIpc) is 3.04. The van der Waals surface area contributed by atoms with Gasteiger partial charge in [-0.05, 0) is 26.7 Å². The van der Waals surface area contributed by atoms with E-state index in [0.717, 1.165) is 39.1 Å². The van der Waals surface area contributed by atoms with Gasteiger partial charge < -0.3 is 14.2 Å². The number of carbonyl (C=O) groups excluding carboxylic acids is 1. The number of carbonyl (C=O) groups is 1. The van der Waals surface area contributed by atoms with E-state index in [1.54, 1.807) is 6.92 Å². The van der Waals surface area contributed by atoms with Crippen molar-refractivity contribution in [2.75, 3.05) is 26.3 Å². The van der Waals surface area contributed by atoms with E-state index in [9.17, 15) is 4.79 Å². The van der Waals surface area contributed by atoms with Crippen LogP contribution >= 0.6 is 0 Å². The van der Waals surface area contributed by atoms with Gasteiger partial charge in [-0.15, -0.1) is 0 Å². The number of amides is 1. The van der Waals surface area contributed by atoms with Crippen LogP contribution in [0.3, 0.4) is 0 Å². The summed E-state index contributed by atoms with van der Waals surface area (Å²) < 4.78 is 10.6. The van der Waals surface area contributed by atoms with E-state index in [2.05, 4.69) is 5.16 Å². The summed E-state index contributed by atoms with van der Waals surface area (Å²) in [5, 5.41) is 3.85. The number of likely N-dealkylation sites (tertiary alicyclic amines) is 1. The van der Waals surface area contributed by atoms with Crippen LogP contribution in [0.4, 0.5) is 0 Å². The van der Waals surface area contributed by atoms with Crippen LogP contribution in [0.25, 0.3) is 0 Å². The third-order valence-corrected chi connectivity index (χ3v) is 4.16. The van der Waals surface area contributed by atoms with Crippen molar-refractivity contribution in [2.45, 2.75) is 26.7 Å². The predicted molar refractivity (Wildman–Crippen MR) is 64.4 cm³/mol. The Hall–Kier alpha value is -1.36. The fourth-order valence-corrected chi connectivity index (χ4v) is 3.03. The largest absolute Gasteiger partial charge is 0.381 e. The molecule has 2 saturated heterocycles. The Bertz CT molecular complexity index is 455. The number of ether oxygens (including phenoxy) is 1. The maximum absolute atomic E-state index is 12.5. The molecule has 1 aromatic heterocycles. The first-order valence-corrected chi connectivity index (χ1v) is 6.41. The van der Waals surface area contributed by atoms with Gasteiger partial charge in [-0.1, -0.05) is 5.16 Å². The lowest BCUT2D eigenvalue weighted by Gasteiger charge is -2.21. The van der Waals surface area contributed by atoms with Gasteiger partial charge in [0.05, 0.1) is 12.3 Å². The van der Waals surface area contributed by atoms with E-state index in [0.29, 0.717) is 17.0 Å². The number of nitrogens with zero attached hydrogens (tertiary/aromatic N) is 2. The van der Waals surface area contributed by atoms with Crippen molar-refractivity contribution in [3.05, 3.63) is 17.0 Å². The van der Waals surface area contributed by atoms with Crippen LogP contribution in [0.2, 0.25) is 0 Å². The Morgan fingerprint density at radius 2 is 2.22 bits per heavy atom. The normalized spacial score (nSPS) is 27.3. The molecule has 3 heterocycles. The zero-order chi connectivity index (χ0) is 12.8. The molecule has 2 fully saturated rings. The maximum atomic E-state index is 12.5. The molecule has 18 heavy (non-hydrogen) atoms. The Morgan fingerprint density at radius 1 is 1.39 bits per heavy atom. The summed E-state index contributed by atoms with van der Waals surface area (Å²) in [5.41, 5.74) is 1.52. The predicted octanol–water partition coefficient (Wildman–Crippen LogP) is 1.54. The van der Waals surface area contributed by atoms with Gasteiger partial charge in [0, 0.05) is 25.1 Å². The van der Waals surface area contributed by atoms with Gasteiger partial charge in [0.2, 0.25) is 0 Å².